The van der Waals surface area contributed by atoms with Crippen LogP contribution < -0.4 is 0 Å². The van der Waals surface area contributed by atoms with E-state index in [0.717, 1.165) is 38.6 Å². The molecule has 0 bridgehead atoms. The molecule has 1 aromatic rings. The van der Waals surface area contributed by atoms with Crippen molar-refractivity contribution in [3.63, 3.8) is 0 Å². The van der Waals surface area contributed by atoms with Crippen LogP contribution in [0.5, 0.6) is 0 Å². The van der Waals surface area contributed by atoms with Crippen LogP contribution in [0.4, 0.5) is 0 Å². The minimum absolute atomic E-state index is 0.00825. The zero-order valence-corrected chi connectivity index (χ0v) is 16.8. The Morgan fingerprint density at radius 1 is 0.964 bits per heavy atom. The van der Waals surface area contributed by atoms with E-state index in [0.29, 0.717) is 36.9 Å². The molecular weight excluding hydrogens is 380 g/mol. The van der Waals surface area contributed by atoms with Gasteiger partial charge in [0.15, 0.2) is 6.29 Å². The number of hydrogen-bond acceptors (Lipinski definition) is 4. The van der Waals surface area contributed by atoms with Gasteiger partial charge in [0, 0.05) is 30.2 Å². The average molecular weight is 407 g/mol. The highest BCUT2D eigenvalue weighted by Crippen LogP contribution is 2.28. The Bertz CT molecular complexity index is 705. The van der Waals surface area contributed by atoms with Gasteiger partial charge >= 0.3 is 0 Å². The van der Waals surface area contributed by atoms with Crippen LogP contribution in [0, 0.1) is 5.92 Å². The van der Waals surface area contributed by atoms with Crippen LogP contribution in [0.25, 0.3) is 0 Å². The van der Waals surface area contributed by atoms with Gasteiger partial charge in [0.1, 0.15) is 0 Å². The molecule has 28 heavy (non-hydrogen) atoms. The number of amides is 2. The zero-order valence-electron chi connectivity index (χ0n) is 16.0. The molecule has 3 aliphatic heterocycles. The van der Waals surface area contributed by atoms with Crippen molar-refractivity contribution in [2.75, 3.05) is 32.8 Å². The Balaban J connectivity index is 1.43. The lowest BCUT2D eigenvalue weighted by molar-refractivity contribution is -0.155. The third-order valence-corrected chi connectivity index (χ3v) is 6.20. The molecule has 0 saturated carbocycles. The summed E-state index contributed by atoms with van der Waals surface area (Å²) in [4.78, 5) is 29.9. The van der Waals surface area contributed by atoms with E-state index >= 15 is 0 Å². The quantitative estimate of drug-likeness (QED) is 0.774. The summed E-state index contributed by atoms with van der Waals surface area (Å²) in [6, 6.07) is 6.92. The lowest BCUT2D eigenvalue weighted by Gasteiger charge is -2.41. The van der Waals surface area contributed by atoms with Gasteiger partial charge < -0.3 is 19.3 Å². The van der Waals surface area contributed by atoms with Gasteiger partial charge in [-0.3, -0.25) is 9.59 Å². The van der Waals surface area contributed by atoms with Gasteiger partial charge in [-0.2, -0.15) is 0 Å². The summed E-state index contributed by atoms with van der Waals surface area (Å²) in [5.74, 6) is -0.0590. The van der Waals surface area contributed by atoms with Crippen molar-refractivity contribution in [3.8, 4) is 0 Å². The van der Waals surface area contributed by atoms with Crippen LogP contribution >= 0.6 is 11.6 Å². The molecule has 4 rings (SSSR count). The van der Waals surface area contributed by atoms with Gasteiger partial charge in [-0.1, -0.05) is 11.6 Å². The van der Waals surface area contributed by atoms with Crippen molar-refractivity contribution in [3.05, 3.63) is 34.9 Å². The number of carbonyl (C=O) groups excluding carboxylic acids is 2. The van der Waals surface area contributed by atoms with E-state index in [1.54, 1.807) is 29.2 Å². The predicted octanol–water partition coefficient (Wildman–Crippen LogP) is 2.95. The number of ether oxygens (including phenoxy) is 2. The van der Waals surface area contributed by atoms with E-state index in [2.05, 4.69) is 0 Å². The molecule has 2 unspecified atom stereocenters. The fourth-order valence-electron chi connectivity index (χ4n) is 4.49. The van der Waals surface area contributed by atoms with Gasteiger partial charge in [0.25, 0.3) is 5.91 Å². The summed E-state index contributed by atoms with van der Waals surface area (Å²) < 4.78 is 11.4. The Kier molecular flexibility index (Phi) is 6.19. The largest absolute Gasteiger partial charge is 0.348 e. The number of nitrogens with zero attached hydrogens (tertiary/aromatic N) is 2. The molecule has 2 amide bonds. The lowest BCUT2D eigenvalue weighted by atomic mass is 9.93. The summed E-state index contributed by atoms with van der Waals surface area (Å²) >= 11 is 5.92. The second-order valence-corrected chi connectivity index (χ2v) is 8.24. The van der Waals surface area contributed by atoms with E-state index < -0.39 is 0 Å². The third-order valence-electron chi connectivity index (χ3n) is 5.94. The number of likely N-dealkylation sites (tertiary alicyclic amines) is 2. The van der Waals surface area contributed by atoms with E-state index in [4.69, 9.17) is 21.1 Å². The number of rotatable bonds is 3. The van der Waals surface area contributed by atoms with Crippen LogP contribution in [-0.2, 0) is 14.3 Å². The highest BCUT2D eigenvalue weighted by atomic mass is 35.5. The third kappa shape index (κ3) is 4.19. The van der Waals surface area contributed by atoms with E-state index in [1.807, 2.05) is 4.90 Å². The first-order chi connectivity index (χ1) is 13.6. The maximum Gasteiger partial charge on any atom is 0.253 e. The van der Waals surface area contributed by atoms with Crippen LogP contribution in [0.1, 0.15) is 42.5 Å². The fraction of sp³-hybridized carbons (Fsp3) is 0.619. The molecule has 3 heterocycles. The standard InChI is InChI=1S/C21H27ClN2O4/c22-17-8-6-15(7-9-17)19(25)23-10-3-4-16(14-23)20(26)24-11-2-1-5-18(24)21-27-12-13-28-21/h6-9,16,18,21H,1-5,10-14H2. The predicted molar refractivity (Wildman–Crippen MR) is 105 cm³/mol. The normalized spacial score (nSPS) is 26.5. The first-order valence-electron chi connectivity index (χ1n) is 10.2. The number of benzene rings is 1. The molecule has 3 aliphatic rings. The minimum atomic E-state index is -0.306. The number of halogens is 1. The highest BCUT2D eigenvalue weighted by Gasteiger charge is 2.40. The summed E-state index contributed by atoms with van der Waals surface area (Å²) in [6.45, 7) is 3.08. The summed E-state index contributed by atoms with van der Waals surface area (Å²) in [5.41, 5.74) is 0.612. The topological polar surface area (TPSA) is 59.1 Å². The van der Waals surface area contributed by atoms with Crippen molar-refractivity contribution in [2.24, 2.45) is 5.92 Å². The Labute approximate surface area is 170 Å². The van der Waals surface area contributed by atoms with Crippen molar-refractivity contribution in [1.82, 2.24) is 9.80 Å². The second-order valence-electron chi connectivity index (χ2n) is 7.80. The first kappa shape index (κ1) is 19.7. The molecule has 0 aliphatic carbocycles. The van der Waals surface area contributed by atoms with Crippen molar-refractivity contribution < 1.29 is 19.1 Å². The van der Waals surface area contributed by atoms with Crippen LogP contribution in [0.2, 0.25) is 5.02 Å². The van der Waals surface area contributed by atoms with Gasteiger partial charge in [-0.05, 0) is 56.4 Å². The summed E-state index contributed by atoms with van der Waals surface area (Å²) in [5, 5.41) is 0.607. The molecule has 2 atom stereocenters. The smallest absolute Gasteiger partial charge is 0.253 e. The first-order valence-corrected chi connectivity index (χ1v) is 10.6. The summed E-state index contributed by atoms with van der Waals surface area (Å²) in [6.07, 6.45) is 4.36. The second kappa shape index (κ2) is 8.80. The zero-order chi connectivity index (χ0) is 19.5. The monoisotopic (exact) mass is 406 g/mol. The molecule has 0 radical (unpaired) electrons. The fourth-order valence-corrected chi connectivity index (χ4v) is 4.61. The Morgan fingerprint density at radius 2 is 1.71 bits per heavy atom. The van der Waals surface area contributed by atoms with E-state index in [1.165, 1.54) is 0 Å². The van der Waals surface area contributed by atoms with Gasteiger partial charge in [-0.25, -0.2) is 0 Å². The molecule has 1 aromatic carbocycles. The molecule has 6 nitrogen and oxygen atoms in total. The van der Waals surface area contributed by atoms with Gasteiger partial charge in [-0.15, -0.1) is 0 Å². The van der Waals surface area contributed by atoms with Gasteiger partial charge in [0.2, 0.25) is 5.91 Å². The van der Waals surface area contributed by atoms with Gasteiger partial charge in [0.05, 0.1) is 25.2 Å². The number of carbonyl (C=O) groups is 2. The number of hydrogen-bond donors (Lipinski definition) is 0. The molecule has 7 heteroatoms. The Morgan fingerprint density at radius 3 is 2.46 bits per heavy atom. The molecule has 3 fully saturated rings. The number of piperidine rings is 2. The van der Waals surface area contributed by atoms with Crippen LogP contribution in [-0.4, -0.2) is 66.8 Å². The maximum atomic E-state index is 13.3. The SMILES string of the molecule is O=C(c1ccc(Cl)cc1)N1CCCC(C(=O)N2CCCCC2C2OCCO2)C1. The van der Waals surface area contributed by atoms with E-state index in [9.17, 15) is 9.59 Å². The van der Waals surface area contributed by atoms with Crippen molar-refractivity contribution in [1.29, 1.82) is 0 Å². The molecule has 0 aromatic heterocycles. The molecular formula is C21H27ClN2O4. The van der Waals surface area contributed by atoms with Crippen molar-refractivity contribution >= 4 is 23.4 Å². The molecule has 152 valence electrons. The Hall–Kier alpha value is -1.63. The van der Waals surface area contributed by atoms with Crippen molar-refractivity contribution in [2.45, 2.75) is 44.4 Å². The minimum Gasteiger partial charge on any atom is -0.348 e. The lowest BCUT2D eigenvalue weighted by Crippen LogP contribution is -2.54. The molecule has 3 saturated heterocycles. The highest BCUT2D eigenvalue weighted by molar-refractivity contribution is 6.30. The maximum absolute atomic E-state index is 13.3. The van der Waals surface area contributed by atoms with Crippen LogP contribution in [0.3, 0.4) is 0 Å². The molecule has 0 N–H and O–H groups in total. The van der Waals surface area contributed by atoms with E-state index in [-0.39, 0.29) is 30.1 Å². The molecule has 0 spiro atoms. The average Bonchev–Trinajstić information content (AvgIpc) is 3.28. The summed E-state index contributed by atoms with van der Waals surface area (Å²) in [7, 11) is 0. The van der Waals surface area contributed by atoms with Crippen LogP contribution in [0.15, 0.2) is 24.3 Å².